The molecule has 1 aromatic carbocycles. The monoisotopic (exact) mass is 224 g/mol. The number of para-hydroxylation sites is 1. The van der Waals surface area contributed by atoms with Crippen LogP contribution in [0.15, 0.2) is 24.3 Å². The predicted molar refractivity (Wildman–Crippen MR) is 62.9 cm³/mol. The Bertz CT molecular complexity index is 366. The summed E-state index contributed by atoms with van der Waals surface area (Å²) in [6.45, 7) is 5.92. The molecular formula is C12H17FN2O. The molecule has 0 fully saturated rings. The van der Waals surface area contributed by atoms with Crippen LogP contribution >= 0.6 is 0 Å². The first-order valence-electron chi connectivity index (χ1n) is 5.32. The Morgan fingerprint density at radius 1 is 1.25 bits per heavy atom. The van der Waals surface area contributed by atoms with Crippen LogP contribution in [0, 0.1) is 11.7 Å². The van der Waals surface area contributed by atoms with Crippen LogP contribution in [-0.2, 0) is 0 Å². The lowest BCUT2D eigenvalue weighted by Crippen LogP contribution is -2.39. The van der Waals surface area contributed by atoms with E-state index < -0.39 is 5.82 Å². The zero-order valence-corrected chi connectivity index (χ0v) is 9.75. The fraction of sp³-hybridized carbons (Fsp3) is 0.417. The van der Waals surface area contributed by atoms with E-state index in [1.54, 1.807) is 12.1 Å². The van der Waals surface area contributed by atoms with Gasteiger partial charge in [-0.05, 0) is 25.0 Å². The minimum atomic E-state index is -0.435. The summed E-state index contributed by atoms with van der Waals surface area (Å²) in [6, 6.07) is 5.74. The highest BCUT2D eigenvalue weighted by molar-refractivity contribution is 5.89. The van der Waals surface area contributed by atoms with Gasteiger partial charge in [-0.15, -0.1) is 0 Å². The molecule has 1 aromatic rings. The van der Waals surface area contributed by atoms with Gasteiger partial charge in [0.05, 0.1) is 5.69 Å². The molecule has 0 saturated heterocycles. The fourth-order valence-corrected chi connectivity index (χ4v) is 1.09. The van der Waals surface area contributed by atoms with Gasteiger partial charge in [0.25, 0.3) is 0 Å². The molecule has 0 aliphatic rings. The van der Waals surface area contributed by atoms with Gasteiger partial charge in [-0.2, -0.15) is 0 Å². The number of urea groups is 1. The quantitative estimate of drug-likeness (QED) is 0.814. The third kappa shape index (κ3) is 3.53. The summed E-state index contributed by atoms with van der Waals surface area (Å²) in [5.74, 6) is -0.0961. The average molecular weight is 224 g/mol. The zero-order chi connectivity index (χ0) is 12.1. The molecule has 1 rings (SSSR count). The summed E-state index contributed by atoms with van der Waals surface area (Å²) >= 11 is 0. The van der Waals surface area contributed by atoms with E-state index in [0.29, 0.717) is 5.92 Å². The molecule has 16 heavy (non-hydrogen) atoms. The van der Waals surface area contributed by atoms with Gasteiger partial charge >= 0.3 is 6.03 Å². The van der Waals surface area contributed by atoms with E-state index in [1.807, 2.05) is 20.8 Å². The second-order valence-electron chi connectivity index (χ2n) is 4.11. The molecule has 0 spiro atoms. The standard InChI is InChI=1S/C12H17FN2O/c1-8(2)9(3)14-12(16)15-11-7-5-4-6-10(11)13/h4-9H,1-3H3,(H2,14,15,16). The van der Waals surface area contributed by atoms with Gasteiger partial charge in [0.15, 0.2) is 0 Å². The summed E-state index contributed by atoms with van der Waals surface area (Å²) in [5.41, 5.74) is 0.191. The smallest absolute Gasteiger partial charge is 0.319 e. The van der Waals surface area contributed by atoms with Crippen LogP contribution in [0.5, 0.6) is 0 Å². The number of hydrogen-bond acceptors (Lipinski definition) is 1. The number of carbonyl (C=O) groups excluding carboxylic acids is 1. The zero-order valence-electron chi connectivity index (χ0n) is 9.75. The molecule has 2 N–H and O–H groups in total. The van der Waals surface area contributed by atoms with E-state index in [9.17, 15) is 9.18 Å². The molecule has 2 amide bonds. The molecule has 0 aliphatic heterocycles. The predicted octanol–water partition coefficient (Wildman–Crippen LogP) is 2.99. The molecule has 0 radical (unpaired) electrons. The van der Waals surface area contributed by atoms with Crippen LogP contribution in [0.4, 0.5) is 14.9 Å². The Labute approximate surface area is 95.0 Å². The lowest BCUT2D eigenvalue weighted by molar-refractivity contribution is 0.246. The summed E-state index contributed by atoms with van der Waals surface area (Å²) in [5, 5.41) is 5.21. The van der Waals surface area contributed by atoms with Crippen molar-refractivity contribution in [3.8, 4) is 0 Å². The highest BCUT2D eigenvalue weighted by Gasteiger charge is 2.11. The Morgan fingerprint density at radius 3 is 2.44 bits per heavy atom. The highest BCUT2D eigenvalue weighted by Crippen LogP contribution is 2.12. The van der Waals surface area contributed by atoms with Gasteiger partial charge in [-0.25, -0.2) is 9.18 Å². The number of rotatable bonds is 3. The molecule has 0 saturated carbocycles. The maximum Gasteiger partial charge on any atom is 0.319 e. The lowest BCUT2D eigenvalue weighted by Gasteiger charge is -2.17. The van der Waals surface area contributed by atoms with Crippen molar-refractivity contribution in [2.24, 2.45) is 5.92 Å². The van der Waals surface area contributed by atoms with Crippen LogP contribution in [-0.4, -0.2) is 12.1 Å². The van der Waals surface area contributed by atoms with E-state index >= 15 is 0 Å². The van der Waals surface area contributed by atoms with E-state index in [-0.39, 0.29) is 17.8 Å². The van der Waals surface area contributed by atoms with Crippen molar-refractivity contribution in [2.75, 3.05) is 5.32 Å². The average Bonchev–Trinajstić information content (AvgIpc) is 2.21. The summed E-state index contributed by atoms with van der Waals surface area (Å²) in [6.07, 6.45) is 0. The third-order valence-electron chi connectivity index (χ3n) is 2.48. The van der Waals surface area contributed by atoms with Crippen molar-refractivity contribution in [1.29, 1.82) is 0 Å². The number of hydrogen-bond donors (Lipinski definition) is 2. The van der Waals surface area contributed by atoms with Gasteiger partial charge in [-0.1, -0.05) is 26.0 Å². The van der Waals surface area contributed by atoms with Gasteiger partial charge in [0.2, 0.25) is 0 Å². The van der Waals surface area contributed by atoms with Gasteiger partial charge in [0.1, 0.15) is 5.82 Å². The first kappa shape index (κ1) is 12.5. The molecule has 3 nitrogen and oxygen atoms in total. The van der Waals surface area contributed by atoms with Crippen molar-refractivity contribution in [3.63, 3.8) is 0 Å². The minimum Gasteiger partial charge on any atom is -0.335 e. The van der Waals surface area contributed by atoms with E-state index in [1.165, 1.54) is 12.1 Å². The van der Waals surface area contributed by atoms with Gasteiger partial charge in [-0.3, -0.25) is 0 Å². The first-order valence-corrected chi connectivity index (χ1v) is 5.32. The number of carbonyl (C=O) groups is 1. The summed E-state index contributed by atoms with van der Waals surface area (Å²) < 4.78 is 13.2. The van der Waals surface area contributed by atoms with Gasteiger partial charge in [0, 0.05) is 6.04 Å². The SMILES string of the molecule is CC(C)C(C)NC(=O)Nc1ccccc1F. The minimum absolute atomic E-state index is 0.0479. The molecule has 0 aromatic heterocycles. The van der Waals surface area contributed by atoms with Crippen molar-refractivity contribution in [3.05, 3.63) is 30.1 Å². The maximum atomic E-state index is 13.2. The first-order chi connectivity index (χ1) is 7.50. The van der Waals surface area contributed by atoms with Crippen LogP contribution < -0.4 is 10.6 Å². The van der Waals surface area contributed by atoms with Crippen molar-refractivity contribution in [1.82, 2.24) is 5.32 Å². The maximum absolute atomic E-state index is 13.2. The molecule has 0 bridgehead atoms. The van der Waals surface area contributed by atoms with Crippen LogP contribution in [0.1, 0.15) is 20.8 Å². The molecule has 88 valence electrons. The number of nitrogens with one attached hydrogen (secondary N) is 2. The second-order valence-corrected chi connectivity index (χ2v) is 4.11. The van der Waals surface area contributed by atoms with Crippen LogP contribution in [0.25, 0.3) is 0 Å². The Balaban J connectivity index is 2.55. The fourth-order valence-electron chi connectivity index (χ4n) is 1.09. The van der Waals surface area contributed by atoms with Crippen LogP contribution in [0.2, 0.25) is 0 Å². The van der Waals surface area contributed by atoms with Gasteiger partial charge < -0.3 is 10.6 Å². The van der Waals surface area contributed by atoms with E-state index in [2.05, 4.69) is 10.6 Å². The Morgan fingerprint density at radius 2 is 1.88 bits per heavy atom. The van der Waals surface area contributed by atoms with Crippen molar-refractivity contribution >= 4 is 11.7 Å². The van der Waals surface area contributed by atoms with Crippen molar-refractivity contribution < 1.29 is 9.18 Å². The molecule has 0 aliphatic carbocycles. The normalized spacial score (nSPS) is 12.3. The number of amides is 2. The molecule has 1 unspecified atom stereocenters. The molecule has 0 heterocycles. The van der Waals surface area contributed by atoms with E-state index in [0.717, 1.165) is 0 Å². The summed E-state index contributed by atoms with van der Waals surface area (Å²) in [7, 11) is 0. The molecule has 1 atom stereocenters. The van der Waals surface area contributed by atoms with Crippen LogP contribution in [0.3, 0.4) is 0 Å². The third-order valence-corrected chi connectivity index (χ3v) is 2.48. The Hall–Kier alpha value is -1.58. The number of halogens is 1. The Kier molecular flexibility index (Phi) is 4.28. The number of benzene rings is 1. The second kappa shape index (κ2) is 5.49. The largest absolute Gasteiger partial charge is 0.335 e. The molecule has 4 heteroatoms. The number of anilines is 1. The van der Waals surface area contributed by atoms with Crippen molar-refractivity contribution in [2.45, 2.75) is 26.8 Å². The lowest BCUT2D eigenvalue weighted by atomic mass is 10.1. The van der Waals surface area contributed by atoms with E-state index in [4.69, 9.17) is 0 Å². The topological polar surface area (TPSA) is 41.1 Å². The molecular weight excluding hydrogens is 207 g/mol. The highest BCUT2D eigenvalue weighted by atomic mass is 19.1. The summed E-state index contributed by atoms with van der Waals surface area (Å²) in [4.78, 5) is 11.5.